The molecule has 0 bridgehead atoms. The fraction of sp³-hybridized carbons (Fsp3) is 0.385. The van der Waals surface area contributed by atoms with Gasteiger partial charge in [0, 0.05) is 6.42 Å². The molecule has 0 aliphatic heterocycles. The fourth-order valence-corrected chi connectivity index (χ4v) is 1.55. The van der Waals surface area contributed by atoms with Crippen molar-refractivity contribution in [2.45, 2.75) is 26.6 Å². The Morgan fingerprint density at radius 2 is 1.90 bits per heavy atom. The summed E-state index contributed by atoms with van der Waals surface area (Å²) in [6.07, 6.45) is -4.98. The van der Waals surface area contributed by atoms with Crippen molar-refractivity contribution in [1.82, 2.24) is 0 Å². The number of hydrogen-bond donors (Lipinski definition) is 0. The van der Waals surface area contributed by atoms with E-state index in [1.165, 1.54) is 19.9 Å². The third-order valence-electron chi connectivity index (χ3n) is 2.22. The first-order valence-corrected chi connectivity index (χ1v) is 5.78. The summed E-state index contributed by atoms with van der Waals surface area (Å²) < 4.78 is 45.4. The van der Waals surface area contributed by atoms with E-state index in [0.717, 1.165) is 12.1 Å². The van der Waals surface area contributed by atoms with E-state index in [4.69, 9.17) is 0 Å². The number of benzene rings is 1. The van der Waals surface area contributed by atoms with Gasteiger partial charge in [-0.05, 0) is 31.5 Å². The number of carbonyl (C=O) groups is 2. The van der Waals surface area contributed by atoms with Crippen LogP contribution in [0, 0.1) is 0 Å². The molecule has 0 spiro atoms. The molecule has 1 rings (SSSR count). The first-order valence-electron chi connectivity index (χ1n) is 5.78. The zero-order chi connectivity index (χ0) is 15.3. The van der Waals surface area contributed by atoms with Crippen LogP contribution in [0.25, 0.3) is 0 Å². The standard InChI is InChI=1S/C13H13F3O4/c1-3-19-12(18)10-5-4-9(6-8(2)17)7-11(10)20-13(14,15)16/h4-5,7H,3,6H2,1-2H3. The van der Waals surface area contributed by atoms with E-state index in [-0.39, 0.29) is 24.4 Å². The van der Waals surface area contributed by atoms with Crippen LogP contribution in [0.3, 0.4) is 0 Å². The van der Waals surface area contributed by atoms with Crippen LogP contribution in [0.4, 0.5) is 13.2 Å². The molecule has 0 atom stereocenters. The summed E-state index contributed by atoms with van der Waals surface area (Å²) in [6, 6.07) is 3.55. The highest BCUT2D eigenvalue weighted by Crippen LogP contribution is 2.28. The lowest BCUT2D eigenvalue weighted by Gasteiger charge is -2.13. The van der Waals surface area contributed by atoms with Crippen molar-refractivity contribution in [3.8, 4) is 5.75 Å². The zero-order valence-electron chi connectivity index (χ0n) is 10.9. The van der Waals surface area contributed by atoms with Crippen molar-refractivity contribution in [1.29, 1.82) is 0 Å². The Morgan fingerprint density at radius 3 is 2.40 bits per heavy atom. The second kappa shape index (κ2) is 6.40. The van der Waals surface area contributed by atoms with E-state index in [1.54, 1.807) is 0 Å². The number of ether oxygens (including phenoxy) is 2. The van der Waals surface area contributed by atoms with Gasteiger partial charge in [0.1, 0.15) is 17.1 Å². The van der Waals surface area contributed by atoms with Crippen LogP contribution in [0.15, 0.2) is 18.2 Å². The van der Waals surface area contributed by atoms with Gasteiger partial charge >= 0.3 is 12.3 Å². The SMILES string of the molecule is CCOC(=O)c1ccc(CC(C)=O)cc1OC(F)(F)F. The molecule has 0 unspecified atom stereocenters. The van der Waals surface area contributed by atoms with Crippen molar-refractivity contribution >= 4 is 11.8 Å². The molecule has 0 amide bonds. The largest absolute Gasteiger partial charge is 0.573 e. The van der Waals surface area contributed by atoms with Gasteiger partial charge in [-0.2, -0.15) is 0 Å². The molecule has 7 heteroatoms. The van der Waals surface area contributed by atoms with Crippen LogP contribution in [-0.4, -0.2) is 24.7 Å². The molecule has 20 heavy (non-hydrogen) atoms. The monoisotopic (exact) mass is 290 g/mol. The van der Waals surface area contributed by atoms with Crippen LogP contribution >= 0.6 is 0 Å². The van der Waals surface area contributed by atoms with Gasteiger partial charge < -0.3 is 9.47 Å². The summed E-state index contributed by atoms with van der Waals surface area (Å²) in [5.74, 6) is -1.80. The second-order valence-corrected chi connectivity index (χ2v) is 3.98. The van der Waals surface area contributed by atoms with Gasteiger partial charge in [0.25, 0.3) is 0 Å². The minimum absolute atomic E-state index is 0.0273. The van der Waals surface area contributed by atoms with Crippen LogP contribution in [0.2, 0.25) is 0 Å². The van der Waals surface area contributed by atoms with Gasteiger partial charge in [0.2, 0.25) is 0 Å². The lowest BCUT2D eigenvalue weighted by atomic mass is 10.1. The van der Waals surface area contributed by atoms with Crippen molar-refractivity contribution in [2.75, 3.05) is 6.61 Å². The zero-order valence-corrected chi connectivity index (χ0v) is 10.9. The van der Waals surface area contributed by atoms with E-state index < -0.39 is 18.1 Å². The predicted octanol–water partition coefficient (Wildman–Crippen LogP) is 2.89. The molecule has 0 radical (unpaired) electrons. The van der Waals surface area contributed by atoms with Crippen molar-refractivity contribution in [3.05, 3.63) is 29.3 Å². The first-order chi connectivity index (χ1) is 9.23. The maximum Gasteiger partial charge on any atom is 0.573 e. The maximum atomic E-state index is 12.3. The number of alkyl halides is 3. The topological polar surface area (TPSA) is 52.6 Å². The number of Topliss-reactive ketones (excluding diaryl/α,β-unsaturated/α-hetero) is 1. The molecule has 110 valence electrons. The predicted molar refractivity (Wildman–Crippen MR) is 63.5 cm³/mol. The third kappa shape index (κ3) is 4.91. The van der Waals surface area contributed by atoms with E-state index in [0.29, 0.717) is 5.56 Å². The number of halogens is 3. The highest BCUT2D eigenvalue weighted by Gasteiger charge is 2.33. The van der Waals surface area contributed by atoms with Gasteiger partial charge in [-0.15, -0.1) is 13.2 Å². The molecule has 0 aromatic heterocycles. The molecule has 0 fully saturated rings. The van der Waals surface area contributed by atoms with Crippen molar-refractivity contribution in [3.63, 3.8) is 0 Å². The fourth-order valence-electron chi connectivity index (χ4n) is 1.55. The quantitative estimate of drug-likeness (QED) is 0.782. The van der Waals surface area contributed by atoms with E-state index in [9.17, 15) is 22.8 Å². The van der Waals surface area contributed by atoms with Gasteiger partial charge in [-0.25, -0.2) is 4.79 Å². The van der Waals surface area contributed by atoms with Gasteiger partial charge in [0.05, 0.1) is 6.61 Å². The highest BCUT2D eigenvalue weighted by atomic mass is 19.4. The Balaban J connectivity index is 3.15. The van der Waals surface area contributed by atoms with E-state index >= 15 is 0 Å². The van der Waals surface area contributed by atoms with Crippen LogP contribution < -0.4 is 4.74 Å². The molecule has 1 aromatic rings. The molecular weight excluding hydrogens is 277 g/mol. The molecule has 0 saturated carbocycles. The van der Waals surface area contributed by atoms with Crippen LogP contribution in [-0.2, 0) is 16.0 Å². The molecule has 0 aliphatic carbocycles. The van der Waals surface area contributed by atoms with Crippen molar-refractivity contribution in [2.24, 2.45) is 0 Å². The third-order valence-corrected chi connectivity index (χ3v) is 2.22. The molecular formula is C13H13F3O4. The molecule has 0 N–H and O–H groups in total. The second-order valence-electron chi connectivity index (χ2n) is 3.98. The summed E-state index contributed by atoms with van der Waals surface area (Å²) >= 11 is 0. The smallest absolute Gasteiger partial charge is 0.462 e. The number of rotatable bonds is 5. The molecule has 0 heterocycles. The number of esters is 1. The Hall–Kier alpha value is -2.05. The lowest BCUT2D eigenvalue weighted by Crippen LogP contribution is -2.20. The molecule has 1 aromatic carbocycles. The molecule has 0 saturated heterocycles. The number of hydrogen-bond acceptors (Lipinski definition) is 4. The summed E-state index contributed by atoms with van der Waals surface area (Å²) in [6.45, 7) is 2.87. The van der Waals surface area contributed by atoms with Gasteiger partial charge in [-0.1, -0.05) is 6.07 Å². The normalized spacial score (nSPS) is 11.1. The minimum atomic E-state index is -4.93. The summed E-state index contributed by atoms with van der Waals surface area (Å²) in [7, 11) is 0. The molecule has 0 aliphatic rings. The van der Waals surface area contributed by atoms with Gasteiger partial charge in [-0.3, -0.25) is 4.79 Å². The van der Waals surface area contributed by atoms with Crippen LogP contribution in [0.1, 0.15) is 29.8 Å². The molecule has 4 nitrogen and oxygen atoms in total. The van der Waals surface area contributed by atoms with E-state index in [2.05, 4.69) is 9.47 Å². The Morgan fingerprint density at radius 1 is 1.25 bits per heavy atom. The average molecular weight is 290 g/mol. The first kappa shape index (κ1) is 16.0. The Kier molecular flexibility index (Phi) is 5.12. The Bertz CT molecular complexity index is 509. The summed E-state index contributed by atoms with van der Waals surface area (Å²) in [5, 5.41) is 0. The van der Waals surface area contributed by atoms with E-state index in [1.807, 2.05) is 0 Å². The van der Waals surface area contributed by atoms with Gasteiger partial charge in [0.15, 0.2) is 0 Å². The minimum Gasteiger partial charge on any atom is -0.462 e. The Labute approximate surface area is 113 Å². The van der Waals surface area contributed by atoms with Crippen LogP contribution in [0.5, 0.6) is 5.75 Å². The van der Waals surface area contributed by atoms with Crippen molar-refractivity contribution < 1.29 is 32.2 Å². The lowest BCUT2D eigenvalue weighted by molar-refractivity contribution is -0.274. The maximum absolute atomic E-state index is 12.3. The highest BCUT2D eigenvalue weighted by molar-refractivity contribution is 5.92. The number of ketones is 1. The average Bonchev–Trinajstić information content (AvgIpc) is 2.26. The summed E-state index contributed by atoms with van der Waals surface area (Å²) in [5.41, 5.74) is -0.0127. The number of carbonyl (C=O) groups excluding carboxylic acids is 2. The summed E-state index contributed by atoms with van der Waals surface area (Å²) in [4.78, 5) is 22.5.